The van der Waals surface area contributed by atoms with Crippen LogP contribution in [0.4, 0.5) is 0 Å². The highest BCUT2D eigenvalue weighted by molar-refractivity contribution is 5.51. The van der Waals surface area contributed by atoms with Gasteiger partial charge >= 0.3 is 0 Å². The molecule has 1 N–H and O–H groups in total. The van der Waals surface area contributed by atoms with E-state index in [1.165, 1.54) is 19.3 Å². The molecule has 70 valence electrons. The fourth-order valence-corrected chi connectivity index (χ4v) is 2.06. The van der Waals surface area contributed by atoms with Crippen molar-refractivity contribution in [2.45, 2.75) is 51.0 Å². The zero-order valence-corrected chi connectivity index (χ0v) is 7.75. The molecule has 0 bridgehead atoms. The second-order valence-corrected chi connectivity index (χ2v) is 4.06. The molecule has 12 heavy (non-hydrogen) atoms. The van der Waals surface area contributed by atoms with Crippen LogP contribution in [0.25, 0.3) is 0 Å². The molecule has 0 aromatic heterocycles. The van der Waals surface area contributed by atoms with Crippen LogP contribution in [-0.4, -0.2) is 17.0 Å². The summed E-state index contributed by atoms with van der Waals surface area (Å²) in [6.07, 6.45) is 6.99. The van der Waals surface area contributed by atoms with E-state index < -0.39 is 5.60 Å². The van der Waals surface area contributed by atoms with E-state index in [-0.39, 0.29) is 6.42 Å². The predicted octanol–water partition coefficient (Wildman–Crippen LogP) is 1.91. The smallest absolute Gasteiger partial charge is 0.122 e. The van der Waals surface area contributed by atoms with Gasteiger partial charge < -0.3 is 9.90 Å². The fourth-order valence-electron chi connectivity index (χ4n) is 2.06. The van der Waals surface area contributed by atoms with E-state index in [0.29, 0.717) is 5.92 Å². The summed E-state index contributed by atoms with van der Waals surface area (Å²) < 4.78 is 0. The number of carbonyl (C=O) groups is 1. The topological polar surface area (TPSA) is 37.3 Å². The van der Waals surface area contributed by atoms with Crippen molar-refractivity contribution in [3.05, 3.63) is 0 Å². The van der Waals surface area contributed by atoms with Crippen LogP contribution in [-0.2, 0) is 4.79 Å². The van der Waals surface area contributed by atoms with E-state index >= 15 is 0 Å². The fraction of sp³-hybridized carbons (Fsp3) is 0.900. The van der Waals surface area contributed by atoms with Crippen LogP contribution in [0.1, 0.15) is 45.4 Å². The van der Waals surface area contributed by atoms with Crippen molar-refractivity contribution in [3.63, 3.8) is 0 Å². The molecule has 0 saturated heterocycles. The minimum absolute atomic E-state index is 0.289. The van der Waals surface area contributed by atoms with E-state index in [1.807, 2.05) is 0 Å². The first kappa shape index (κ1) is 9.72. The van der Waals surface area contributed by atoms with Crippen LogP contribution in [0.15, 0.2) is 0 Å². The molecular weight excluding hydrogens is 152 g/mol. The molecule has 1 aliphatic carbocycles. The van der Waals surface area contributed by atoms with Gasteiger partial charge in [0.15, 0.2) is 0 Å². The second-order valence-electron chi connectivity index (χ2n) is 4.06. The first-order valence-corrected chi connectivity index (χ1v) is 4.83. The number of hydrogen-bond acceptors (Lipinski definition) is 2. The zero-order valence-electron chi connectivity index (χ0n) is 7.75. The minimum atomic E-state index is -0.748. The standard InChI is InChI=1S/C10H18O2/c1-10(12,7-8-11)9-5-3-2-4-6-9/h8-9,12H,2-7H2,1H3. The molecule has 0 aromatic rings. The van der Waals surface area contributed by atoms with Gasteiger partial charge in [-0.2, -0.15) is 0 Å². The Labute approximate surface area is 74.0 Å². The Kier molecular flexibility index (Phi) is 3.27. The summed E-state index contributed by atoms with van der Waals surface area (Å²) in [6, 6.07) is 0. The van der Waals surface area contributed by atoms with Crippen molar-refractivity contribution in [3.8, 4) is 0 Å². The maximum Gasteiger partial charge on any atom is 0.122 e. The molecule has 0 aliphatic heterocycles. The minimum Gasteiger partial charge on any atom is -0.389 e. The third-order valence-corrected chi connectivity index (χ3v) is 2.98. The molecular formula is C10H18O2. The van der Waals surface area contributed by atoms with Gasteiger partial charge in [0.25, 0.3) is 0 Å². The highest BCUT2D eigenvalue weighted by atomic mass is 16.3. The Morgan fingerprint density at radius 1 is 1.42 bits per heavy atom. The molecule has 0 radical (unpaired) electrons. The lowest BCUT2D eigenvalue weighted by atomic mass is 9.76. The Morgan fingerprint density at radius 3 is 2.50 bits per heavy atom. The molecule has 1 saturated carbocycles. The summed E-state index contributed by atoms with van der Waals surface area (Å²) in [4.78, 5) is 10.3. The van der Waals surface area contributed by atoms with Crippen LogP contribution in [0, 0.1) is 5.92 Å². The van der Waals surface area contributed by atoms with E-state index in [9.17, 15) is 9.90 Å². The number of rotatable bonds is 3. The van der Waals surface area contributed by atoms with Gasteiger partial charge in [-0.05, 0) is 25.7 Å². The van der Waals surface area contributed by atoms with Gasteiger partial charge in [0, 0.05) is 6.42 Å². The van der Waals surface area contributed by atoms with Crippen molar-refractivity contribution >= 4 is 6.29 Å². The molecule has 0 spiro atoms. The molecule has 0 aromatic carbocycles. The Morgan fingerprint density at radius 2 is 2.00 bits per heavy atom. The SMILES string of the molecule is CC(O)(CC=O)C1CCCCC1. The second kappa shape index (κ2) is 4.04. The van der Waals surface area contributed by atoms with Crippen LogP contribution in [0.2, 0.25) is 0 Å². The molecule has 1 atom stereocenters. The molecule has 1 unspecified atom stereocenters. The van der Waals surface area contributed by atoms with Gasteiger partial charge in [-0.3, -0.25) is 0 Å². The molecule has 1 fully saturated rings. The van der Waals surface area contributed by atoms with Gasteiger partial charge in [0.1, 0.15) is 6.29 Å². The van der Waals surface area contributed by atoms with Gasteiger partial charge in [-0.15, -0.1) is 0 Å². The quantitative estimate of drug-likeness (QED) is 0.657. The number of carbonyl (C=O) groups excluding carboxylic acids is 1. The van der Waals surface area contributed by atoms with Crippen molar-refractivity contribution < 1.29 is 9.90 Å². The van der Waals surface area contributed by atoms with Crippen LogP contribution in [0.3, 0.4) is 0 Å². The van der Waals surface area contributed by atoms with Crippen LogP contribution >= 0.6 is 0 Å². The lowest BCUT2D eigenvalue weighted by molar-refractivity contribution is -0.114. The van der Waals surface area contributed by atoms with Crippen molar-refractivity contribution in [2.75, 3.05) is 0 Å². The first-order chi connectivity index (χ1) is 5.67. The normalized spacial score (nSPS) is 24.8. The Bertz CT molecular complexity index is 146. The molecule has 2 nitrogen and oxygen atoms in total. The number of aliphatic hydroxyl groups is 1. The average molecular weight is 170 g/mol. The van der Waals surface area contributed by atoms with E-state index in [2.05, 4.69) is 0 Å². The Balaban J connectivity index is 2.47. The lowest BCUT2D eigenvalue weighted by Gasteiger charge is -2.34. The van der Waals surface area contributed by atoms with Crippen LogP contribution in [0.5, 0.6) is 0 Å². The molecule has 2 heteroatoms. The van der Waals surface area contributed by atoms with Gasteiger partial charge in [-0.1, -0.05) is 19.3 Å². The lowest BCUT2D eigenvalue weighted by Crippen LogP contribution is -2.36. The predicted molar refractivity (Wildman–Crippen MR) is 47.9 cm³/mol. The third kappa shape index (κ3) is 2.31. The van der Waals surface area contributed by atoms with Crippen molar-refractivity contribution in [1.29, 1.82) is 0 Å². The maximum atomic E-state index is 10.3. The highest BCUT2D eigenvalue weighted by Crippen LogP contribution is 2.33. The van der Waals surface area contributed by atoms with E-state index in [4.69, 9.17) is 0 Å². The van der Waals surface area contributed by atoms with Crippen molar-refractivity contribution in [2.24, 2.45) is 5.92 Å². The molecule has 0 heterocycles. The van der Waals surface area contributed by atoms with Crippen LogP contribution < -0.4 is 0 Å². The van der Waals surface area contributed by atoms with Gasteiger partial charge in [0.05, 0.1) is 5.60 Å². The summed E-state index contributed by atoms with van der Waals surface area (Å²) >= 11 is 0. The number of hydrogen-bond donors (Lipinski definition) is 1. The largest absolute Gasteiger partial charge is 0.389 e. The first-order valence-electron chi connectivity index (χ1n) is 4.83. The zero-order chi connectivity index (χ0) is 9.03. The molecule has 1 aliphatic rings. The maximum absolute atomic E-state index is 10.3. The summed E-state index contributed by atoms with van der Waals surface area (Å²) in [7, 11) is 0. The summed E-state index contributed by atoms with van der Waals surface area (Å²) in [5.74, 6) is 0.344. The summed E-state index contributed by atoms with van der Waals surface area (Å²) in [5, 5.41) is 9.91. The monoisotopic (exact) mass is 170 g/mol. The van der Waals surface area contributed by atoms with Gasteiger partial charge in [0.2, 0.25) is 0 Å². The highest BCUT2D eigenvalue weighted by Gasteiger charge is 2.31. The summed E-state index contributed by atoms with van der Waals surface area (Å²) in [5.41, 5.74) is -0.748. The van der Waals surface area contributed by atoms with Crippen molar-refractivity contribution in [1.82, 2.24) is 0 Å². The summed E-state index contributed by atoms with van der Waals surface area (Å²) in [6.45, 7) is 1.79. The van der Waals surface area contributed by atoms with E-state index in [0.717, 1.165) is 19.1 Å². The number of aldehydes is 1. The van der Waals surface area contributed by atoms with E-state index in [1.54, 1.807) is 6.92 Å². The Hall–Kier alpha value is -0.370. The third-order valence-electron chi connectivity index (χ3n) is 2.98. The average Bonchev–Trinajstić information content (AvgIpc) is 2.06. The molecule has 0 amide bonds. The molecule has 1 rings (SSSR count). The van der Waals surface area contributed by atoms with Gasteiger partial charge in [-0.25, -0.2) is 0 Å².